The summed E-state index contributed by atoms with van der Waals surface area (Å²) >= 11 is 0. The van der Waals surface area contributed by atoms with Gasteiger partial charge in [0.05, 0.1) is 0 Å². The lowest BCUT2D eigenvalue weighted by Crippen LogP contribution is -2.22. The molecule has 4 heteroatoms. The Labute approximate surface area is 111 Å². The minimum absolute atomic E-state index is 0.124. The van der Waals surface area contributed by atoms with Gasteiger partial charge in [0, 0.05) is 23.4 Å². The van der Waals surface area contributed by atoms with Crippen molar-refractivity contribution in [2.45, 2.75) is 13.5 Å². The summed E-state index contributed by atoms with van der Waals surface area (Å²) in [7, 11) is 0. The first-order valence-electron chi connectivity index (χ1n) is 5.98. The predicted molar refractivity (Wildman–Crippen MR) is 74.9 cm³/mol. The van der Waals surface area contributed by atoms with Gasteiger partial charge in [0.25, 0.3) is 5.91 Å². The number of hydrogen-bond acceptors (Lipinski definition) is 3. The fourth-order valence-electron chi connectivity index (χ4n) is 1.81. The highest BCUT2D eigenvalue weighted by molar-refractivity contribution is 5.94. The van der Waals surface area contributed by atoms with Crippen LogP contribution in [-0.4, -0.2) is 11.0 Å². The molecule has 2 aromatic carbocycles. The maximum Gasteiger partial charge on any atom is 0.251 e. The van der Waals surface area contributed by atoms with Gasteiger partial charge in [-0.25, -0.2) is 0 Å². The van der Waals surface area contributed by atoms with Gasteiger partial charge in [0.2, 0.25) is 0 Å². The highest BCUT2D eigenvalue weighted by Crippen LogP contribution is 2.19. The monoisotopic (exact) mass is 256 g/mol. The molecular weight excluding hydrogens is 240 g/mol. The third-order valence-corrected chi connectivity index (χ3v) is 2.82. The van der Waals surface area contributed by atoms with Crippen LogP contribution in [0.1, 0.15) is 21.5 Å². The van der Waals surface area contributed by atoms with Crippen molar-refractivity contribution in [1.82, 2.24) is 5.32 Å². The number of carbonyl (C=O) groups is 1. The Balaban J connectivity index is 2.06. The number of benzene rings is 2. The summed E-state index contributed by atoms with van der Waals surface area (Å²) in [6.45, 7) is 2.17. The number of hydrogen-bond donors (Lipinski definition) is 3. The lowest BCUT2D eigenvalue weighted by Gasteiger charge is -2.08. The number of nitrogens with two attached hydrogens (primary N) is 1. The van der Waals surface area contributed by atoms with E-state index in [0.29, 0.717) is 16.8 Å². The van der Waals surface area contributed by atoms with Gasteiger partial charge in [-0.05, 0) is 37.3 Å². The predicted octanol–water partition coefficient (Wildman–Crippen LogP) is 2.21. The Bertz CT molecular complexity index is 609. The molecule has 98 valence electrons. The normalized spacial score (nSPS) is 10.2. The number of rotatable bonds is 3. The van der Waals surface area contributed by atoms with Gasteiger partial charge in [-0.2, -0.15) is 0 Å². The van der Waals surface area contributed by atoms with Crippen molar-refractivity contribution < 1.29 is 9.90 Å². The summed E-state index contributed by atoms with van der Waals surface area (Å²) < 4.78 is 0. The zero-order valence-electron chi connectivity index (χ0n) is 10.7. The van der Waals surface area contributed by atoms with E-state index in [-0.39, 0.29) is 18.2 Å². The van der Waals surface area contributed by atoms with Gasteiger partial charge in [0.1, 0.15) is 5.75 Å². The van der Waals surface area contributed by atoms with E-state index < -0.39 is 0 Å². The first kappa shape index (κ1) is 13.0. The molecule has 0 aliphatic carbocycles. The van der Waals surface area contributed by atoms with Crippen molar-refractivity contribution in [1.29, 1.82) is 0 Å². The molecule has 0 bridgehead atoms. The Morgan fingerprint density at radius 1 is 1.26 bits per heavy atom. The number of amides is 1. The van der Waals surface area contributed by atoms with E-state index in [1.54, 1.807) is 18.2 Å². The van der Waals surface area contributed by atoms with Crippen LogP contribution in [0.25, 0.3) is 0 Å². The molecular formula is C15H16N2O2. The SMILES string of the molecule is Cc1cccc(C(=O)NCc2cc(N)ccc2O)c1. The number of nitrogens with one attached hydrogen (secondary N) is 1. The summed E-state index contributed by atoms with van der Waals surface area (Å²) in [4.78, 5) is 11.9. The van der Waals surface area contributed by atoms with E-state index in [1.165, 1.54) is 6.07 Å². The summed E-state index contributed by atoms with van der Waals surface area (Å²) in [6.07, 6.45) is 0. The van der Waals surface area contributed by atoms with Crippen LogP contribution in [0.2, 0.25) is 0 Å². The van der Waals surface area contributed by atoms with Crippen LogP contribution in [0, 0.1) is 6.92 Å². The fourth-order valence-corrected chi connectivity index (χ4v) is 1.81. The van der Waals surface area contributed by atoms with Crippen molar-refractivity contribution in [3.63, 3.8) is 0 Å². The highest BCUT2D eigenvalue weighted by Gasteiger charge is 2.07. The number of anilines is 1. The molecule has 0 radical (unpaired) electrons. The maximum atomic E-state index is 11.9. The van der Waals surface area contributed by atoms with E-state index in [0.717, 1.165) is 5.56 Å². The summed E-state index contributed by atoms with van der Waals surface area (Å²) in [6, 6.07) is 12.1. The second-order valence-corrected chi connectivity index (χ2v) is 4.44. The van der Waals surface area contributed by atoms with Gasteiger partial charge >= 0.3 is 0 Å². The molecule has 2 aromatic rings. The number of aryl methyl sites for hydroxylation is 1. The van der Waals surface area contributed by atoms with E-state index in [2.05, 4.69) is 5.32 Å². The fraction of sp³-hybridized carbons (Fsp3) is 0.133. The van der Waals surface area contributed by atoms with Crippen molar-refractivity contribution in [2.75, 3.05) is 5.73 Å². The van der Waals surface area contributed by atoms with Crippen LogP contribution < -0.4 is 11.1 Å². The van der Waals surface area contributed by atoms with Crippen LogP contribution >= 0.6 is 0 Å². The van der Waals surface area contributed by atoms with Crippen molar-refractivity contribution in [3.8, 4) is 5.75 Å². The van der Waals surface area contributed by atoms with E-state index in [4.69, 9.17) is 5.73 Å². The minimum atomic E-state index is -0.175. The summed E-state index contributed by atoms with van der Waals surface area (Å²) in [5, 5.41) is 12.4. The maximum absolute atomic E-state index is 11.9. The van der Waals surface area contributed by atoms with Gasteiger partial charge in [-0.3, -0.25) is 4.79 Å². The number of phenols is 1. The van der Waals surface area contributed by atoms with Crippen LogP contribution in [0.5, 0.6) is 5.75 Å². The molecule has 2 rings (SSSR count). The molecule has 0 spiro atoms. The number of phenolic OH excluding ortho intramolecular Hbond substituents is 1. The lowest BCUT2D eigenvalue weighted by molar-refractivity contribution is 0.0950. The van der Waals surface area contributed by atoms with E-state index in [9.17, 15) is 9.90 Å². The molecule has 0 aliphatic rings. The quantitative estimate of drug-likeness (QED) is 0.582. The van der Waals surface area contributed by atoms with Crippen molar-refractivity contribution in [2.24, 2.45) is 0 Å². The molecule has 0 unspecified atom stereocenters. The third kappa shape index (κ3) is 3.25. The standard InChI is InChI=1S/C15H16N2O2/c1-10-3-2-4-11(7-10)15(19)17-9-12-8-13(16)5-6-14(12)18/h2-8,18H,9,16H2,1H3,(H,17,19). The molecule has 0 saturated heterocycles. The Morgan fingerprint density at radius 3 is 2.79 bits per heavy atom. The Kier molecular flexibility index (Phi) is 3.71. The number of aromatic hydroxyl groups is 1. The molecule has 4 N–H and O–H groups in total. The van der Waals surface area contributed by atoms with E-state index in [1.807, 2.05) is 25.1 Å². The Morgan fingerprint density at radius 2 is 2.05 bits per heavy atom. The molecule has 0 fully saturated rings. The number of nitrogen functional groups attached to an aromatic ring is 1. The van der Waals surface area contributed by atoms with Gasteiger partial charge in [-0.1, -0.05) is 17.7 Å². The molecule has 4 nitrogen and oxygen atoms in total. The number of carbonyl (C=O) groups excluding carboxylic acids is 1. The summed E-state index contributed by atoms with van der Waals surface area (Å²) in [5.74, 6) is -0.0516. The zero-order valence-corrected chi connectivity index (χ0v) is 10.7. The molecule has 19 heavy (non-hydrogen) atoms. The van der Waals surface area contributed by atoms with Crippen molar-refractivity contribution >= 4 is 11.6 Å². The zero-order chi connectivity index (χ0) is 13.8. The molecule has 0 aliphatic heterocycles. The van der Waals surface area contributed by atoms with Gasteiger partial charge in [-0.15, -0.1) is 0 Å². The molecule has 0 aromatic heterocycles. The Hall–Kier alpha value is -2.49. The van der Waals surface area contributed by atoms with Gasteiger partial charge < -0.3 is 16.2 Å². The summed E-state index contributed by atoms with van der Waals surface area (Å²) in [5.41, 5.74) is 8.42. The van der Waals surface area contributed by atoms with Gasteiger partial charge in [0.15, 0.2) is 0 Å². The average molecular weight is 256 g/mol. The van der Waals surface area contributed by atoms with E-state index >= 15 is 0 Å². The van der Waals surface area contributed by atoms with Crippen LogP contribution in [0.4, 0.5) is 5.69 Å². The average Bonchev–Trinajstić information content (AvgIpc) is 2.39. The molecule has 1 amide bonds. The third-order valence-electron chi connectivity index (χ3n) is 2.82. The topological polar surface area (TPSA) is 75.4 Å². The van der Waals surface area contributed by atoms with Crippen LogP contribution in [0.15, 0.2) is 42.5 Å². The van der Waals surface area contributed by atoms with Crippen molar-refractivity contribution in [3.05, 3.63) is 59.2 Å². The highest BCUT2D eigenvalue weighted by atomic mass is 16.3. The first-order valence-corrected chi connectivity index (χ1v) is 5.98. The smallest absolute Gasteiger partial charge is 0.251 e. The molecule has 0 atom stereocenters. The largest absolute Gasteiger partial charge is 0.508 e. The molecule has 0 heterocycles. The van der Waals surface area contributed by atoms with Crippen LogP contribution in [0.3, 0.4) is 0 Å². The van der Waals surface area contributed by atoms with Crippen LogP contribution in [-0.2, 0) is 6.54 Å². The minimum Gasteiger partial charge on any atom is -0.508 e. The second-order valence-electron chi connectivity index (χ2n) is 4.44. The second kappa shape index (κ2) is 5.44. The first-order chi connectivity index (χ1) is 9.06. The lowest BCUT2D eigenvalue weighted by atomic mass is 10.1. The molecule has 0 saturated carbocycles.